The summed E-state index contributed by atoms with van der Waals surface area (Å²) < 4.78 is 36.8. The molecule has 0 saturated carbocycles. The lowest BCUT2D eigenvalue weighted by atomic mass is 10.2. The minimum atomic E-state index is -3.98. The van der Waals surface area contributed by atoms with E-state index in [0.29, 0.717) is 5.75 Å². The van der Waals surface area contributed by atoms with E-state index in [9.17, 15) is 13.2 Å². The number of carbonyl (C=O) groups excluding carboxylic acids is 1. The van der Waals surface area contributed by atoms with E-state index in [0.717, 1.165) is 15.4 Å². The van der Waals surface area contributed by atoms with Crippen molar-refractivity contribution in [3.8, 4) is 11.5 Å². The number of methoxy groups -OCH3 is 2. The van der Waals surface area contributed by atoms with E-state index in [1.807, 2.05) is 31.2 Å². The van der Waals surface area contributed by atoms with Crippen LogP contribution in [0.15, 0.2) is 52.5 Å². The second-order valence-corrected chi connectivity index (χ2v) is 8.00. The van der Waals surface area contributed by atoms with Gasteiger partial charge in [0.05, 0.1) is 27.0 Å². The highest BCUT2D eigenvalue weighted by atomic mass is 32.2. The number of hydrazone groups is 1. The highest BCUT2D eigenvalue weighted by molar-refractivity contribution is 7.89. The molecule has 0 fully saturated rings. The number of hydrogen-bond acceptors (Lipinski definition) is 6. The third-order valence-corrected chi connectivity index (χ3v) is 5.69. The molecule has 0 bridgehead atoms. The molecule has 0 aliphatic carbocycles. The summed E-state index contributed by atoms with van der Waals surface area (Å²) in [5.41, 5.74) is 4.21. The Hall–Kier alpha value is -2.91. The lowest BCUT2D eigenvalue weighted by Crippen LogP contribution is -2.36. The molecular weight excluding hydrogens is 382 g/mol. The van der Waals surface area contributed by atoms with Crippen molar-refractivity contribution in [3.63, 3.8) is 0 Å². The van der Waals surface area contributed by atoms with Crippen LogP contribution in [0.5, 0.6) is 11.5 Å². The van der Waals surface area contributed by atoms with Crippen LogP contribution in [-0.4, -0.2) is 52.7 Å². The van der Waals surface area contributed by atoms with Crippen LogP contribution >= 0.6 is 0 Å². The fourth-order valence-electron chi connectivity index (χ4n) is 2.41. The molecule has 0 aliphatic rings. The van der Waals surface area contributed by atoms with Crippen LogP contribution in [0.2, 0.25) is 0 Å². The zero-order chi connectivity index (χ0) is 20.7. The molecule has 28 heavy (non-hydrogen) atoms. The van der Waals surface area contributed by atoms with Gasteiger partial charge in [-0.3, -0.25) is 4.79 Å². The predicted molar refractivity (Wildman–Crippen MR) is 106 cm³/mol. The minimum Gasteiger partial charge on any atom is -0.497 e. The zero-order valence-corrected chi connectivity index (χ0v) is 17.0. The Bertz CT molecular complexity index is 973. The fraction of sp³-hybridized carbons (Fsp3) is 0.263. The van der Waals surface area contributed by atoms with Crippen molar-refractivity contribution in [2.24, 2.45) is 5.10 Å². The van der Waals surface area contributed by atoms with Crippen LogP contribution in [-0.2, 0) is 14.8 Å². The van der Waals surface area contributed by atoms with Gasteiger partial charge in [0.15, 0.2) is 0 Å². The number of nitrogens with one attached hydrogen (secondary N) is 1. The van der Waals surface area contributed by atoms with E-state index in [4.69, 9.17) is 9.47 Å². The summed E-state index contributed by atoms with van der Waals surface area (Å²) >= 11 is 0. The molecule has 0 atom stereocenters. The van der Waals surface area contributed by atoms with Crippen molar-refractivity contribution in [3.05, 3.63) is 53.6 Å². The molecule has 0 unspecified atom stereocenters. The topological polar surface area (TPSA) is 97.3 Å². The second kappa shape index (κ2) is 9.34. The van der Waals surface area contributed by atoms with E-state index in [-0.39, 0.29) is 10.6 Å². The average Bonchev–Trinajstić information content (AvgIpc) is 2.67. The van der Waals surface area contributed by atoms with Gasteiger partial charge in [-0.05, 0) is 24.6 Å². The Morgan fingerprint density at radius 3 is 2.57 bits per heavy atom. The first-order valence-corrected chi connectivity index (χ1v) is 9.79. The van der Waals surface area contributed by atoms with Gasteiger partial charge in [0.2, 0.25) is 10.0 Å². The number of likely N-dealkylation sites (N-methyl/N-ethyl adjacent to an activating group) is 1. The van der Waals surface area contributed by atoms with E-state index in [2.05, 4.69) is 10.5 Å². The summed E-state index contributed by atoms with van der Waals surface area (Å²) in [7, 11) is 0.128. The maximum Gasteiger partial charge on any atom is 0.255 e. The lowest BCUT2D eigenvalue weighted by Gasteiger charge is -2.18. The lowest BCUT2D eigenvalue weighted by molar-refractivity contribution is -0.121. The number of aryl methyl sites for hydroxylation is 1. The smallest absolute Gasteiger partial charge is 0.255 e. The van der Waals surface area contributed by atoms with Crippen molar-refractivity contribution >= 4 is 22.1 Å². The monoisotopic (exact) mass is 405 g/mol. The van der Waals surface area contributed by atoms with Crippen LogP contribution in [0.4, 0.5) is 0 Å². The van der Waals surface area contributed by atoms with Crippen molar-refractivity contribution in [2.75, 3.05) is 27.8 Å². The molecular formula is C19H23N3O5S. The van der Waals surface area contributed by atoms with E-state index >= 15 is 0 Å². The number of ether oxygens (including phenoxy) is 2. The van der Waals surface area contributed by atoms with Gasteiger partial charge in [0.1, 0.15) is 16.4 Å². The van der Waals surface area contributed by atoms with Gasteiger partial charge in [0.25, 0.3) is 5.91 Å². The normalized spacial score (nSPS) is 11.6. The Balaban J connectivity index is 2.08. The van der Waals surface area contributed by atoms with Crippen LogP contribution in [0.3, 0.4) is 0 Å². The third-order valence-electron chi connectivity index (χ3n) is 3.87. The molecule has 0 radical (unpaired) electrons. The van der Waals surface area contributed by atoms with Crippen LogP contribution < -0.4 is 14.9 Å². The Labute approximate surface area is 164 Å². The molecule has 2 aromatic carbocycles. The second-order valence-electron chi connectivity index (χ2n) is 5.99. The Kier molecular flexibility index (Phi) is 7.13. The zero-order valence-electron chi connectivity index (χ0n) is 16.2. The number of benzene rings is 2. The molecule has 0 spiro atoms. The van der Waals surface area contributed by atoms with Crippen LogP contribution in [0.25, 0.3) is 0 Å². The van der Waals surface area contributed by atoms with Crippen molar-refractivity contribution in [1.82, 2.24) is 9.73 Å². The molecule has 1 amide bonds. The molecule has 9 heteroatoms. The standard InChI is InChI=1S/C19H23N3O5S/c1-14-6-5-7-15(10-14)12-20-21-19(23)13-22(2)28(24,25)18-11-16(26-3)8-9-17(18)27-4/h5-12H,13H2,1-4H3,(H,21,23)/b20-12-. The van der Waals surface area contributed by atoms with Gasteiger partial charge in [-0.2, -0.15) is 9.41 Å². The van der Waals surface area contributed by atoms with Gasteiger partial charge in [-0.25, -0.2) is 13.8 Å². The number of amides is 1. The number of carbonyl (C=O) groups is 1. The first-order chi connectivity index (χ1) is 13.3. The van der Waals surface area contributed by atoms with E-state index < -0.39 is 22.5 Å². The Morgan fingerprint density at radius 1 is 1.18 bits per heavy atom. The van der Waals surface area contributed by atoms with Gasteiger partial charge >= 0.3 is 0 Å². The summed E-state index contributed by atoms with van der Waals surface area (Å²) in [6, 6.07) is 12.0. The largest absolute Gasteiger partial charge is 0.497 e. The summed E-state index contributed by atoms with van der Waals surface area (Å²) in [5, 5.41) is 3.86. The van der Waals surface area contributed by atoms with Gasteiger partial charge in [-0.15, -0.1) is 0 Å². The molecule has 1 N–H and O–H groups in total. The van der Waals surface area contributed by atoms with Crippen molar-refractivity contribution in [2.45, 2.75) is 11.8 Å². The minimum absolute atomic E-state index is 0.0899. The number of nitrogens with zero attached hydrogens (tertiary/aromatic N) is 2. The molecule has 0 aliphatic heterocycles. The number of rotatable bonds is 8. The predicted octanol–water partition coefficient (Wildman–Crippen LogP) is 1.78. The fourth-order valence-corrected chi connectivity index (χ4v) is 3.70. The van der Waals surface area contributed by atoms with Crippen molar-refractivity contribution < 1.29 is 22.7 Å². The van der Waals surface area contributed by atoms with E-state index in [1.54, 1.807) is 6.07 Å². The molecule has 150 valence electrons. The first-order valence-electron chi connectivity index (χ1n) is 8.35. The molecule has 8 nitrogen and oxygen atoms in total. The first kappa shape index (κ1) is 21.4. The highest BCUT2D eigenvalue weighted by Crippen LogP contribution is 2.30. The van der Waals surface area contributed by atoms with Crippen molar-refractivity contribution in [1.29, 1.82) is 0 Å². The Morgan fingerprint density at radius 2 is 1.93 bits per heavy atom. The summed E-state index contributed by atoms with van der Waals surface area (Å²) in [5.74, 6) is -0.0534. The number of hydrogen-bond donors (Lipinski definition) is 1. The van der Waals surface area contributed by atoms with Crippen LogP contribution in [0, 0.1) is 6.92 Å². The molecule has 0 heterocycles. The summed E-state index contributed by atoms with van der Waals surface area (Å²) in [4.78, 5) is 12.0. The molecule has 2 rings (SSSR count). The quantitative estimate of drug-likeness (QED) is 0.533. The molecule has 0 aromatic heterocycles. The average molecular weight is 405 g/mol. The summed E-state index contributed by atoms with van der Waals surface area (Å²) in [6.45, 7) is 1.54. The maximum atomic E-state index is 12.8. The third kappa shape index (κ3) is 5.30. The SMILES string of the molecule is COc1ccc(OC)c(S(=O)(=O)N(C)CC(=O)N/N=C\c2cccc(C)c2)c1. The summed E-state index contributed by atoms with van der Waals surface area (Å²) in [6.07, 6.45) is 1.49. The van der Waals surface area contributed by atoms with Gasteiger partial charge in [0, 0.05) is 13.1 Å². The highest BCUT2D eigenvalue weighted by Gasteiger charge is 2.27. The molecule has 2 aromatic rings. The number of sulfonamides is 1. The molecule has 0 saturated heterocycles. The van der Waals surface area contributed by atoms with Crippen LogP contribution in [0.1, 0.15) is 11.1 Å². The van der Waals surface area contributed by atoms with Gasteiger partial charge in [-0.1, -0.05) is 29.8 Å². The van der Waals surface area contributed by atoms with E-state index in [1.165, 1.54) is 39.6 Å². The van der Waals surface area contributed by atoms with Gasteiger partial charge < -0.3 is 9.47 Å². The maximum absolute atomic E-state index is 12.8.